The number of nitrogens with zero attached hydrogens (tertiary/aromatic N) is 2. The Balaban J connectivity index is 1.51. The number of rotatable bonds is 7. The van der Waals surface area contributed by atoms with Crippen molar-refractivity contribution < 1.29 is 19.2 Å². The first-order valence-electron chi connectivity index (χ1n) is 8.14. The van der Waals surface area contributed by atoms with Gasteiger partial charge in [0.1, 0.15) is 5.69 Å². The Morgan fingerprint density at radius 2 is 2.00 bits per heavy atom. The van der Waals surface area contributed by atoms with Gasteiger partial charge in [-0.05, 0) is 23.8 Å². The third-order valence-corrected chi connectivity index (χ3v) is 4.04. The number of amides is 1. The fraction of sp³-hybridized carbons (Fsp3) is 0.278. The van der Waals surface area contributed by atoms with Crippen LogP contribution in [0.2, 0.25) is 0 Å². The van der Waals surface area contributed by atoms with E-state index in [1.165, 1.54) is 6.07 Å². The molecular formula is C18H19N3O5. The second kappa shape index (κ2) is 7.73. The van der Waals surface area contributed by atoms with Gasteiger partial charge in [0.2, 0.25) is 12.7 Å². The highest BCUT2D eigenvalue weighted by Gasteiger charge is 2.16. The van der Waals surface area contributed by atoms with E-state index in [0.717, 1.165) is 5.56 Å². The normalized spacial score (nSPS) is 11.9. The van der Waals surface area contributed by atoms with E-state index in [1.54, 1.807) is 30.1 Å². The van der Waals surface area contributed by atoms with E-state index in [0.29, 0.717) is 30.3 Å². The van der Waals surface area contributed by atoms with Gasteiger partial charge >= 0.3 is 0 Å². The Kier molecular flexibility index (Phi) is 5.21. The standard InChI is InChI=1S/C18H19N3O5/c1-20(11-13-6-7-16-17(10-13)26-12-25-16)18(22)8-9-19-14-4-2-3-5-15(14)21(23)24/h2-7,10,19H,8-9,11-12H2,1H3. The first kappa shape index (κ1) is 17.5. The summed E-state index contributed by atoms with van der Waals surface area (Å²) in [5, 5.41) is 13.9. The number of benzene rings is 2. The first-order valence-corrected chi connectivity index (χ1v) is 8.14. The van der Waals surface area contributed by atoms with Crippen LogP contribution in [0.4, 0.5) is 11.4 Å². The van der Waals surface area contributed by atoms with E-state index in [4.69, 9.17) is 9.47 Å². The van der Waals surface area contributed by atoms with Crippen LogP contribution in [0, 0.1) is 10.1 Å². The molecule has 0 unspecified atom stereocenters. The molecule has 3 rings (SSSR count). The van der Waals surface area contributed by atoms with Crippen molar-refractivity contribution in [2.24, 2.45) is 0 Å². The summed E-state index contributed by atoms with van der Waals surface area (Å²) in [5.41, 5.74) is 1.34. The highest BCUT2D eigenvalue weighted by Crippen LogP contribution is 2.32. The van der Waals surface area contributed by atoms with Gasteiger partial charge in [-0.2, -0.15) is 0 Å². The van der Waals surface area contributed by atoms with Gasteiger partial charge in [-0.15, -0.1) is 0 Å². The monoisotopic (exact) mass is 357 g/mol. The molecule has 2 aromatic rings. The summed E-state index contributed by atoms with van der Waals surface area (Å²) in [4.78, 5) is 24.4. The average molecular weight is 357 g/mol. The summed E-state index contributed by atoms with van der Waals surface area (Å²) >= 11 is 0. The van der Waals surface area contributed by atoms with Crippen molar-refractivity contribution in [2.45, 2.75) is 13.0 Å². The van der Waals surface area contributed by atoms with Crippen LogP contribution in [0.1, 0.15) is 12.0 Å². The molecule has 0 radical (unpaired) electrons. The molecule has 0 fully saturated rings. The lowest BCUT2D eigenvalue weighted by Gasteiger charge is -2.18. The van der Waals surface area contributed by atoms with Crippen molar-refractivity contribution in [3.05, 3.63) is 58.1 Å². The fourth-order valence-corrected chi connectivity index (χ4v) is 2.68. The zero-order valence-corrected chi connectivity index (χ0v) is 14.3. The quantitative estimate of drug-likeness (QED) is 0.605. The summed E-state index contributed by atoms with van der Waals surface area (Å²) in [6.07, 6.45) is 0.229. The molecule has 1 aliphatic heterocycles. The smallest absolute Gasteiger partial charge is 0.292 e. The SMILES string of the molecule is CN(Cc1ccc2c(c1)OCO2)C(=O)CCNc1ccccc1[N+](=O)[O-]. The van der Waals surface area contributed by atoms with Crippen LogP contribution >= 0.6 is 0 Å². The largest absolute Gasteiger partial charge is 0.454 e. The lowest BCUT2D eigenvalue weighted by atomic mass is 10.2. The minimum atomic E-state index is -0.448. The molecule has 0 atom stereocenters. The number of carbonyl (C=O) groups is 1. The second-order valence-corrected chi connectivity index (χ2v) is 5.89. The third-order valence-electron chi connectivity index (χ3n) is 4.04. The molecule has 2 aromatic carbocycles. The molecule has 0 saturated heterocycles. The van der Waals surface area contributed by atoms with Crippen LogP contribution in [0.5, 0.6) is 11.5 Å². The Hall–Kier alpha value is -3.29. The van der Waals surface area contributed by atoms with Crippen molar-refractivity contribution in [1.29, 1.82) is 0 Å². The van der Waals surface area contributed by atoms with Crippen LogP contribution in [-0.2, 0) is 11.3 Å². The van der Waals surface area contributed by atoms with Crippen LogP contribution in [0.3, 0.4) is 0 Å². The molecule has 0 saturated carbocycles. The Labute approximate surface area is 150 Å². The molecule has 0 aliphatic carbocycles. The van der Waals surface area contributed by atoms with Gasteiger partial charge in [0, 0.05) is 32.6 Å². The molecule has 1 heterocycles. The minimum Gasteiger partial charge on any atom is -0.454 e. The summed E-state index contributed by atoms with van der Waals surface area (Å²) in [6.45, 7) is 0.973. The number of carbonyl (C=O) groups excluding carboxylic acids is 1. The number of nitro benzene ring substituents is 1. The van der Waals surface area contributed by atoms with Crippen LogP contribution < -0.4 is 14.8 Å². The fourth-order valence-electron chi connectivity index (χ4n) is 2.68. The van der Waals surface area contributed by atoms with E-state index in [1.807, 2.05) is 18.2 Å². The van der Waals surface area contributed by atoms with Gasteiger partial charge in [-0.3, -0.25) is 14.9 Å². The molecule has 0 aromatic heterocycles. The van der Waals surface area contributed by atoms with Crippen molar-refractivity contribution in [3.63, 3.8) is 0 Å². The van der Waals surface area contributed by atoms with Crippen LogP contribution in [0.25, 0.3) is 0 Å². The van der Waals surface area contributed by atoms with Crippen molar-refractivity contribution in [2.75, 3.05) is 25.7 Å². The number of ether oxygens (including phenoxy) is 2. The van der Waals surface area contributed by atoms with Crippen molar-refractivity contribution >= 4 is 17.3 Å². The number of fused-ring (bicyclic) bond motifs is 1. The molecule has 8 nitrogen and oxygen atoms in total. The van der Waals surface area contributed by atoms with Gasteiger partial charge in [0.25, 0.3) is 5.69 Å². The van der Waals surface area contributed by atoms with E-state index >= 15 is 0 Å². The zero-order chi connectivity index (χ0) is 18.5. The second-order valence-electron chi connectivity index (χ2n) is 5.89. The molecular weight excluding hydrogens is 338 g/mol. The van der Waals surface area contributed by atoms with E-state index in [2.05, 4.69) is 5.32 Å². The Morgan fingerprint density at radius 3 is 2.81 bits per heavy atom. The number of anilines is 1. The summed E-state index contributed by atoms with van der Waals surface area (Å²) in [6, 6.07) is 11.9. The number of nitro groups is 1. The molecule has 0 bridgehead atoms. The van der Waals surface area contributed by atoms with E-state index in [9.17, 15) is 14.9 Å². The topological polar surface area (TPSA) is 93.9 Å². The third kappa shape index (κ3) is 4.02. The van der Waals surface area contributed by atoms with Crippen molar-refractivity contribution in [1.82, 2.24) is 4.90 Å². The predicted octanol–water partition coefficient (Wildman–Crippen LogP) is 2.78. The number of para-hydroxylation sites is 2. The number of hydrogen-bond acceptors (Lipinski definition) is 6. The van der Waals surface area contributed by atoms with E-state index in [-0.39, 0.29) is 24.8 Å². The lowest BCUT2D eigenvalue weighted by molar-refractivity contribution is -0.384. The highest BCUT2D eigenvalue weighted by atomic mass is 16.7. The van der Waals surface area contributed by atoms with Crippen LogP contribution in [0.15, 0.2) is 42.5 Å². The molecule has 1 amide bonds. The lowest BCUT2D eigenvalue weighted by Crippen LogP contribution is -2.27. The number of nitrogens with one attached hydrogen (secondary N) is 1. The van der Waals surface area contributed by atoms with Gasteiger partial charge in [0.15, 0.2) is 11.5 Å². The summed E-state index contributed by atoms with van der Waals surface area (Å²) in [7, 11) is 1.72. The molecule has 0 spiro atoms. The minimum absolute atomic E-state index is 0.00587. The zero-order valence-electron chi connectivity index (χ0n) is 14.3. The summed E-state index contributed by atoms with van der Waals surface area (Å²) in [5.74, 6) is 1.33. The number of hydrogen-bond donors (Lipinski definition) is 1. The molecule has 26 heavy (non-hydrogen) atoms. The highest BCUT2D eigenvalue weighted by molar-refractivity contribution is 5.76. The summed E-state index contributed by atoms with van der Waals surface area (Å²) < 4.78 is 10.6. The Bertz CT molecular complexity index is 824. The van der Waals surface area contributed by atoms with Gasteiger partial charge in [-0.1, -0.05) is 18.2 Å². The average Bonchev–Trinajstić information content (AvgIpc) is 3.09. The molecule has 1 N–H and O–H groups in total. The van der Waals surface area contributed by atoms with Crippen LogP contribution in [-0.4, -0.2) is 36.1 Å². The first-order chi connectivity index (χ1) is 12.5. The molecule has 1 aliphatic rings. The van der Waals surface area contributed by atoms with Crippen molar-refractivity contribution in [3.8, 4) is 11.5 Å². The molecule has 8 heteroatoms. The maximum Gasteiger partial charge on any atom is 0.292 e. The van der Waals surface area contributed by atoms with Gasteiger partial charge < -0.3 is 19.7 Å². The van der Waals surface area contributed by atoms with Gasteiger partial charge in [0.05, 0.1) is 4.92 Å². The van der Waals surface area contributed by atoms with E-state index < -0.39 is 4.92 Å². The maximum absolute atomic E-state index is 12.3. The van der Waals surface area contributed by atoms with Gasteiger partial charge in [-0.25, -0.2) is 0 Å². The molecule has 136 valence electrons. The maximum atomic E-state index is 12.3. The Morgan fingerprint density at radius 1 is 1.23 bits per heavy atom. The predicted molar refractivity (Wildman–Crippen MR) is 95.2 cm³/mol.